The van der Waals surface area contributed by atoms with Crippen molar-refractivity contribution < 1.29 is 33.2 Å². The monoisotopic (exact) mass is 576 g/mol. The SMILES string of the molecule is Cc1cnc(-c2ccnc(C(C)(C)O)n2)cc1-n1c(C)cc(OC(O)(O)c2cccc(C(F)(F)F)c2)c(Cl)c1=O. The second kappa shape index (κ2) is 10.3. The fourth-order valence-electron chi connectivity index (χ4n) is 3.86. The number of halogens is 4. The fraction of sp³-hybridized carbons (Fsp3) is 0.259. The van der Waals surface area contributed by atoms with Crippen LogP contribution in [0.3, 0.4) is 0 Å². The number of aromatic nitrogens is 4. The van der Waals surface area contributed by atoms with E-state index >= 15 is 0 Å². The van der Waals surface area contributed by atoms with Crippen LogP contribution >= 0.6 is 11.6 Å². The van der Waals surface area contributed by atoms with Crippen molar-refractivity contribution in [2.75, 3.05) is 0 Å². The van der Waals surface area contributed by atoms with Gasteiger partial charge in [-0.05, 0) is 63.6 Å². The zero-order valence-corrected chi connectivity index (χ0v) is 22.4. The van der Waals surface area contributed by atoms with E-state index in [0.717, 1.165) is 18.2 Å². The Balaban J connectivity index is 1.75. The first kappa shape index (κ1) is 29.2. The molecule has 210 valence electrons. The molecule has 4 aromatic rings. The van der Waals surface area contributed by atoms with Gasteiger partial charge in [0.25, 0.3) is 5.56 Å². The molecular formula is C27H24ClF3N4O5. The summed E-state index contributed by atoms with van der Waals surface area (Å²) in [6.45, 7) is 6.31. The molecule has 0 fully saturated rings. The summed E-state index contributed by atoms with van der Waals surface area (Å²) < 4.78 is 45.7. The van der Waals surface area contributed by atoms with Gasteiger partial charge in [0, 0.05) is 24.2 Å². The Labute approximate surface area is 231 Å². The third kappa shape index (κ3) is 5.85. The minimum atomic E-state index is -4.73. The number of ether oxygens (including phenoxy) is 1. The van der Waals surface area contributed by atoms with Crippen LogP contribution in [0.4, 0.5) is 13.2 Å². The maximum Gasteiger partial charge on any atom is 0.416 e. The first-order valence-corrected chi connectivity index (χ1v) is 12.1. The molecule has 0 unspecified atom stereocenters. The number of rotatable bonds is 6. The summed E-state index contributed by atoms with van der Waals surface area (Å²) in [5, 5.41) is 30.7. The van der Waals surface area contributed by atoms with E-state index in [4.69, 9.17) is 16.3 Å². The third-order valence-electron chi connectivity index (χ3n) is 5.90. The van der Waals surface area contributed by atoms with Crippen molar-refractivity contribution in [3.63, 3.8) is 0 Å². The first-order valence-electron chi connectivity index (χ1n) is 11.8. The summed E-state index contributed by atoms with van der Waals surface area (Å²) in [4.78, 5) is 26.2. The van der Waals surface area contributed by atoms with Gasteiger partial charge in [0.05, 0.1) is 28.2 Å². The molecule has 9 nitrogen and oxygen atoms in total. The molecule has 3 aromatic heterocycles. The van der Waals surface area contributed by atoms with E-state index in [1.54, 1.807) is 19.1 Å². The van der Waals surface area contributed by atoms with Gasteiger partial charge in [-0.2, -0.15) is 13.2 Å². The highest BCUT2D eigenvalue weighted by Crippen LogP contribution is 2.34. The molecule has 3 N–H and O–H groups in total. The summed E-state index contributed by atoms with van der Waals surface area (Å²) in [6, 6.07) is 7.70. The summed E-state index contributed by atoms with van der Waals surface area (Å²) in [5.74, 6) is -3.52. The lowest BCUT2D eigenvalue weighted by Gasteiger charge is -2.25. The van der Waals surface area contributed by atoms with Gasteiger partial charge in [0.15, 0.2) is 11.6 Å². The molecule has 0 radical (unpaired) electrons. The van der Waals surface area contributed by atoms with Gasteiger partial charge < -0.3 is 20.1 Å². The molecule has 1 aromatic carbocycles. The van der Waals surface area contributed by atoms with Crippen LogP contribution in [0.1, 0.15) is 42.1 Å². The molecular weight excluding hydrogens is 553 g/mol. The molecule has 0 saturated heterocycles. The normalized spacial score (nSPS) is 12.5. The molecule has 0 aliphatic rings. The minimum Gasteiger partial charge on any atom is -0.434 e. The molecule has 40 heavy (non-hydrogen) atoms. The molecule has 0 bridgehead atoms. The Kier molecular flexibility index (Phi) is 7.50. The van der Waals surface area contributed by atoms with Gasteiger partial charge >= 0.3 is 12.1 Å². The lowest BCUT2D eigenvalue weighted by molar-refractivity contribution is -0.304. The van der Waals surface area contributed by atoms with Gasteiger partial charge in [-0.1, -0.05) is 17.7 Å². The van der Waals surface area contributed by atoms with Crippen LogP contribution < -0.4 is 10.3 Å². The van der Waals surface area contributed by atoms with Gasteiger partial charge in [-0.3, -0.25) is 14.3 Å². The van der Waals surface area contributed by atoms with Crippen LogP contribution in [0, 0.1) is 13.8 Å². The maximum atomic E-state index is 13.4. The Morgan fingerprint density at radius 3 is 2.27 bits per heavy atom. The highest BCUT2D eigenvalue weighted by molar-refractivity contribution is 6.31. The lowest BCUT2D eigenvalue weighted by Crippen LogP contribution is -2.34. The van der Waals surface area contributed by atoms with Crippen molar-refractivity contribution >= 4 is 11.6 Å². The molecule has 0 amide bonds. The molecule has 0 aliphatic heterocycles. The number of aryl methyl sites for hydroxylation is 2. The molecule has 0 saturated carbocycles. The maximum absolute atomic E-state index is 13.4. The number of pyridine rings is 2. The molecule has 13 heteroatoms. The van der Waals surface area contributed by atoms with Crippen molar-refractivity contribution in [2.24, 2.45) is 0 Å². The van der Waals surface area contributed by atoms with Crippen LogP contribution in [-0.2, 0) is 17.8 Å². The largest absolute Gasteiger partial charge is 0.434 e. The molecule has 0 spiro atoms. The van der Waals surface area contributed by atoms with Gasteiger partial charge in [0.2, 0.25) is 0 Å². The average Bonchev–Trinajstić information content (AvgIpc) is 2.87. The topological polar surface area (TPSA) is 131 Å². The van der Waals surface area contributed by atoms with Crippen molar-refractivity contribution in [1.82, 2.24) is 19.5 Å². The summed E-state index contributed by atoms with van der Waals surface area (Å²) >= 11 is 6.27. The number of hydrogen-bond acceptors (Lipinski definition) is 8. The predicted molar refractivity (Wildman–Crippen MR) is 139 cm³/mol. The Morgan fingerprint density at radius 1 is 0.950 bits per heavy atom. The highest BCUT2D eigenvalue weighted by atomic mass is 35.5. The number of nitrogens with zero attached hydrogens (tertiary/aromatic N) is 4. The number of aliphatic hydroxyl groups is 3. The summed E-state index contributed by atoms with van der Waals surface area (Å²) in [6.07, 6.45) is -1.75. The van der Waals surface area contributed by atoms with E-state index in [0.29, 0.717) is 28.7 Å². The summed E-state index contributed by atoms with van der Waals surface area (Å²) in [7, 11) is 0. The minimum absolute atomic E-state index is 0.170. The van der Waals surface area contributed by atoms with Gasteiger partial charge in [-0.25, -0.2) is 9.97 Å². The number of alkyl halides is 3. The number of benzene rings is 1. The Hall–Kier alpha value is -3.84. The van der Waals surface area contributed by atoms with Crippen LogP contribution in [0.15, 0.2) is 59.7 Å². The van der Waals surface area contributed by atoms with Gasteiger partial charge in [0.1, 0.15) is 10.6 Å². The third-order valence-corrected chi connectivity index (χ3v) is 6.25. The Bertz CT molecular complexity index is 1650. The van der Waals surface area contributed by atoms with Crippen molar-refractivity contribution in [3.05, 3.63) is 98.4 Å². The molecule has 0 aliphatic carbocycles. The van der Waals surface area contributed by atoms with Crippen LogP contribution in [0.2, 0.25) is 5.02 Å². The average molecular weight is 577 g/mol. The van der Waals surface area contributed by atoms with E-state index in [-0.39, 0.29) is 11.5 Å². The first-order chi connectivity index (χ1) is 18.5. The van der Waals surface area contributed by atoms with Crippen LogP contribution in [0.25, 0.3) is 17.1 Å². The van der Waals surface area contributed by atoms with Crippen LogP contribution in [-0.4, -0.2) is 34.8 Å². The fourth-order valence-corrected chi connectivity index (χ4v) is 4.03. The lowest BCUT2D eigenvalue weighted by atomic mass is 10.1. The Morgan fingerprint density at radius 2 is 1.62 bits per heavy atom. The molecule has 4 rings (SSSR count). The highest BCUT2D eigenvalue weighted by Gasteiger charge is 2.36. The number of hydrogen-bond donors (Lipinski definition) is 3. The van der Waals surface area contributed by atoms with E-state index in [9.17, 15) is 33.3 Å². The van der Waals surface area contributed by atoms with Crippen LogP contribution in [0.5, 0.6) is 5.75 Å². The van der Waals surface area contributed by atoms with E-state index in [1.807, 2.05) is 0 Å². The predicted octanol–water partition coefficient (Wildman–Crippen LogP) is 4.38. The van der Waals surface area contributed by atoms with Crippen molar-refractivity contribution in [2.45, 2.75) is 45.4 Å². The second-order valence-corrected chi connectivity index (χ2v) is 9.95. The summed E-state index contributed by atoms with van der Waals surface area (Å²) in [5.41, 5.74) is -1.88. The standard InChI is InChI=1S/C27H24ClF3N4O5/c1-14-13-33-19(18-8-9-32-24(34-18)25(3,4)37)12-20(14)35-15(2)10-21(22(28)23(35)36)40-27(38,39)17-7-5-6-16(11-17)26(29,30)31/h5-13,37-39H,1-4H3. The molecule has 3 heterocycles. The zero-order chi connectivity index (χ0) is 29.6. The van der Waals surface area contributed by atoms with Crippen molar-refractivity contribution in [1.29, 1.82) is 0 Å². The zero-order valence-electron chi connectivity index (χ0n) is 21.7. The van der Waals surface area contributed by atoms with E-state index in [1.165, 1.54) is 43.8 Å². The molecule has 0 atom stereocenters. The van der Waals surface area contributed by atoms with Gasteiger partial charge in [-0.15, -0.1) is 0 Å². The van der Waals surface area contributed by atoms with E-state index in [2.05, 4.69) is 15.0 Å². The quantitative estimate of drug-likeness (QED) is 0.288. The second-order valence-electron chi connectivity index (χ2n) is 9.57. The van der Waals surface area contributed by atoms with E-state index < -0.39 is 45.2 Å². The van der Waals surface area contributed by atoms with Crippen molar-refractivity contribution in [3.8, 4) is 22.8 Å². The smallest absolute Gasteiger partial charge is 0.416 e.